The van der Waals surface area contributed by atoms with Gasteiger partial charge in [-0.25, -0.2) is 9.78 Å². The number of aryl methyl sites for hydroxylation is 1. The van der Waals surface area contributed by atoms with Crippen molar-refractivity contribution in [3.05, 3.63) is 64.2 Å². The third-order valence-corrected chi connectivity index (χ3v) is 6.73. The number of hydrogen-bond acceptors (Lipinski definition) is 5. The first-order valence-electron chi connectivity index (χ1n) is 10.4. The predicted molar refractivity (Wildman–Crippen MR) is 121 cm³/mol. The fraction of sp³-hybridized carbons (Fsp3) is 0.333. The minimum absolute atomic E-state index is 0.520. The minimum Gasteiger partial charge on any atom is -0.478 e. The average Bonchev–Trinajstić information content (AvgIpc) is 3.18. The molecule has 0 atom stereocenters. The van der Waals surface area contributed by atoms with Gasteiger partial charge in [-0.15, -0.1) is 11.3 Å². The molecule has 0 fully saturated rings. The van der Waals surface area contributed by atoms with E-state index in [-0.39, 0.29) is 0 Å². The number of nitrogens with zero attached hydrogens (tertiary/aromatic N) is 2. The predicted octanol–water partition coefficient (Wildman–Crippen LogP) is 5.94. The second kappa shape index (κ2) is 8.37. The molecule has 0 amide bonds. The van der Waals surface area contributed by atoms with Crippen molar-refractivity contribution in [3.63, 3.8) is 0 Å². The number of halogens is 3. The fourth-order valence-electron chi connectivity index (χ4n) is 3.60. The first kappa shape index (κ1) is 23.1. The number of carboxylic acids is 1. The van der Waals surface area contributed by atoms with Crippen LogP contribution in [0.2, 0.25) is 0 Å². The van der Waals surface area contributed by atoms with E-state index in [0.717, 1.165) is 46.9 Å². The van der Waals surface area contributed by atoms with E-state index in [9.17, 15) is 23.1 Å². The summed E-state index contributed by atoms with van der Waals surface area (Å²) in [5.74, 6) is -0.519. The molecule has 33 heavy (non-hydrogen) atoms. The Hall–Kier alpha value is -3.07. The zero-order chi connectivity index (χ0) is 24.0. The number of aliphatic carboxylic acids is 1. The summed E-state index contributed by atoms with van der Waals surface area (Å²) in [7, 11) is 0. The second-order valence-corrected chi connectivity index (χ2v) is 9.59. The lowest BCUT2D eigenvalue weighted by atomic mass is 10.1. The number of alkyl halides is 3. The van der Waals surface area contributed by atoms with Gasteiger partial charge < -0.3 is 14.7 Å². The van der Waals surface area contributed by atoms with Crippen LogP contribution in [0.5, 0.6) is 5.75 Å². The summed E-state index contributed by atoms with van der Waals surface area (Å²) in [6.45, 7) is 6.29. The molecule has 0 saturated heterocycles. The third-order valence-electron chi connectivity index (χ3n) is 5.59. The summed E-state index contributed by atoms with van der Waals surface area (Å²) < 4.78 is 44.2. The lowest BCUT2D eigenvalue weighted by Crippen LogP contribution is -2.38. The highest BCUT2D eigenvalue weighted by atomic mass is 32.1. The van der Waals surface area contributed by atoms with Crippen molar-refractivity contribution in [2.24, 2.45) is 0 Å². The molecular weight excluding hydrogens is 453 g/mol. The van der Waals surface area contributed by atoms with Gasteiger partial charge in [-0.1, -0.05) is 12.1 Å². The van der Waals surface area contributed by atoms with Gasteiger partial charge in [-0.2, -0.15) is 13.2 Å². The normalized spacial score (nSPS) is 14.2. The van der Waals surface area contributed by atoms with Crippen LogP contribution < -0.4 is 9.64 Å². The largest absolute Gasteiger partial charge is 0.478 e. The van der Waals surface area contributed by atoms with Crippen LogP contribution in [0.4, 0.5) is 18.9 Å². The van der Waals surface area contributed by atoms with E-state index in [1.54, 1.807) is 6.07 Å². The maximum absolute atomic E-state index is 12.8. The number of fused-ring (bicyclic) bond motifs is 1. The van der Waals surface area contributed by atoms with Gasteiger partial charge in [0.1, 0.15) is 10.8 Å². The zero-order valence-electron chi connectivity index (χ0n) is 18.4. The number of aromatic nitrogens is 1. The molecule has 0 bridgehead atoms. The fourth-order valence-corrected chi connectivity index (χ4v) is 4.73. The van der Waals surface area contributed by atoms with Crippen LogP contribution in [0.3, 0.4) is 0 Å². The van der Waals surface area contributed by atoms with Gasteiger partial charge in [0.2, 0.25) is 0 Å². The maximum atomic E-state index is 12.8. The van der Waals surface area contributed by atoms with Crippen molar-refractivity contribution >= 4 is 23.0 Å². The van der Waals surface area contributed by atoms with Crippen molar-refractivity contribution in [2.75, 3.05) is 11.4 Å². The standard InChI is InChI=1S/C24H23F3N2O3S/c1-14-12-17(8-9-19(14)32-23(2,3)22(30)31)29-11-10-18-20(13-29)33-21(28-18)15-4-6-16(7-5-15)24(25,26)27/h4-9,12H,10-11,13H2,1-3H3,(H,30,31). The summed E-state index contributed by atoms with van der Waals surface area (Å²) in [6, 6.07) is 10.8. The molecule has 0 radical (unpaired) electrons. The number of rotatable bonds is 5. The Morgan fingerprint density at radius 2 is 1.85 bits per heavy atom. The number of anilines is 1. The molecule has 0 spiro atoms. The SMILES string of the molecule is Cc1cc(N2CCc3nc(-c4ccc(C(F)(F)F)cc4)sc3C2)ccc1OC(C)(C)C(=O)O. The first-order valence-corrected chi connectivity index (χ1v) is 11.2. The first-order chi connectivity index (χ1) is 15.4. The third kappa shape index (κ3) is 4.83. The Morgan fingerprint density at radius 1 is 1.15 bits per heavy atom. The summed E-state index contributed by atoms with van der Waals surface area (Å²) in [5, 5.41) is 10.0. The summed E-state index contributed by atoms with van der Waals surface area (Å²) in [4.78, 5) is 19.3. The maximum Gasteiger partial charge on any atom is 0.416 e. The van der Waals surface area contributed by atoms with Crippen LogP contribution in [0, 0.1) is 6.92 Å². The van der Waals surface area contributed by atoms with E-state index in [1.165, 1.54) is 37.3 Å². The van der Waals surface area contributed by atoms with Gasteiger partial charge in [0.05, 0.1) is 17.8 Å². The van der Waals surface area contributed by atoms with Crippen LogP contribution in [0.15, 0.2) is 42.5 Å². The molecule has 174 valence electrons. The highest BCUT2D eigenvalue weighted by Gasteiger charge is 2.31. The highest BCUT2D eigenvalue weighted by molar-refractivity contribution is 7.15. The Morgan fingerprint density at radius 3 is 2.45 bits per heavy atom. The molecule has 3 aromatic rings. The smallest absolute Gasteiger partial charge is 0.416 e. The molecule has 0 aliphatic carbocycles. The Labute approximate surface area is 193 Å². The van der Waals surface area contributed by atoms with Crippen LogP contribution in [0.25, 0.3) is 10.6 Å². The molecule has 9 heteroatoms. The average molecular weight is 477 g/mol. The van der Waals surface area contributed by atoms with E-state index in [4.69, 9.17) is 4.74 Å². The van der Waals surface area contributed by atoms with Gasteiger partial charge in [-0.05, 0) is 56.7 Å². The van der Waals surface area contributed by atoms with Crippen molar-refractivity contribution in [1.29, 1.82) is 0 Å². The number of carboxylic acid groups (broad SMARTS) is 1. The van der Waals surface area contributed by atoms with Gasteiger partial charge in [0.15, 0.2) is 5.60 Å². The van der Waals surface area contributed by atoms with Crippen molar-refractivity contribution in [1.82, 2.24) is 4.98 Å². The number of hydrogen-bond donors (Lipinski definition) is 1. The molecule has 1 aromatic heterocycles. The molecule has 2 heterocycles. The summed E-state index contributed by atoms with van der Waals surface area (Å²) in [6.07, 6.45) is -3.63. The lowest BCUT2D eigenvalue weighted by molar-refractivity contribution is -0.152. The number of thiazole rings is 1. The van der Waals surface area contributed by atoms with E-state index >= 15 is 0 Å². The monoisotopic (exact) mass is 476 g/mol. The Bertz CT molecular complexity index is 1190. The molecule has 4 rings (SSSR count). The van der Waals surface area contributed by atoms with Crippen LogP contribution in [-0.4, -0.2) is 28.2 Å². The van der Waals surface area contributed by atoms with Gasteiger partial charge in [-0.3, -0.25) is 0 Å². The molecule has 1 N–H and O–H groups in total. The van der Waals surface area contributed by atoms with Crippen LogP contribution in [-0.2, 0) is 23.9 Å². The summed E-state index contributed by atoms with van der Waals surface area (Å²) >= 11 is 1.49. The second-order valence-electron chi connectivity index (χ2n) is 8.50. The molecule has 5 nitrogen and oxygen atoms in total. The van der Waals surface area contributed by atoms with Crippen molar-refractivity contribution in [2.45, 2.75) is 45.5 Å². The lowest BCUT2D eigenvalue weighted by Gasteiger charge is -2.29. The van der Waals surface area contributed by atoms with Gasteiger partial charge >= 0.3 is 12.1 Å². The molecule has 2 aromatic carbocycles. The Kier molecular flexibility index (Phi) is 5.86. The van der Waals surface area contributed by atoms with E-state index < -0.39 is 23.3 Å². The van der Waals surface area contributed by atoms with E-state index in [1.807, 2.05) is 19.1 Å². The minimum atomic E-state index is -4.36. The highest BCUT2D eigenvalue weighted by Crippen LogP contribution is 2.36. The number of carbonyl (C=O) groups is 1. The van der Waals surface area contributed by atoms with Gasteiger partial charge in [0, 0.05) is 29.1 Å². The van der Waals surface area contributed by atoms with E-state index in [0.29, 0.717) is 22.9 Å². The van der Waals surface area contributed by atoms with Gasteiger partial charge in [0.25, 0.3) is 0 Å². The van der Waals surface area contributed by atoms with Crippen molar-refractivity contribution < 1.29 is 27.8 Å². The number of benzene rings is 2. The zero-order valence-corrected chi connectivity index (χ0v) is 19.2. The van der Waals surface area contributed by atoms with Crippen LogP contribution >= 0.6 is 11.3 Å². The summed E-state index contributed by atoms with van der Waals surface area (Å²) in [5.41, 5.74) is 1.47. The molecule has 1 aliphatic rings. The Balaban J connectivity index is 1.51. The van der Waals surface area contributed by atoms with Crippen molar-refractivity contribution in [3.8, 4) is 16.3 Å². The molecule has 0 saturated carbocycles. The van der Waals surface area contributed by atoms with E-state index in [2.05, 4.69) is 9.88 Å². The molecule has 0 unspecified atom stereocenters. The topological polar surface area (TPSA) is 62.7 Å². The molecular formula is C24H23F3N2O3S. The van der Waals surface area contributed by atoms with Crippen LogP contribution in [0.1, 0.15) is 35.5 Å². The number of ether oxygens (including phenoxy) is 1. The molecule has 1 aliphatic heterocycles. The quantitative estimate of drug-likeness (QED) is 0.494.